The molecule has 0 bridgehead atoms. The second kappa shape index (κ2) is 6.49. The van der Waals surface area contributed by atoms with Gasteiger partial charge in [0, 0.05) is 12.1 Å². The van der Waals surface area contributed by atoms with Crippen LogP contribution in [0.15, 0.2) is 0 Å². The molecular weight excluding hydrogens is 294 g/mol. The number of rotatable bonds is 4. The van der Waals surface area contributed by atoms with E-state index in [2.05, 4.69) is 5.32 Å². The second-order valence-electron chi connectivity index (χ2n) is 7.68. The van der Waals surface area contributed by atoms with Crippen molar-refractivity contribution < 1.29 is 14.4 Å². The lowest BCUT2D eigenvalue weighted by Crippen LogP contribution is -2.52. The van der Waals surface area contributed by atoms with Gasteiger partial charge in [-0.1, -0.05) is 13.8 Å². The Kier molecular flexibility index (Phi) is 5.01. The Morgan fingerprint density at radius 2 is 1.83 bits per heavy atom. The van der Waals surface area contributed by atoms with Gasteiger partial charge in [0.15, 0.2) is 0 Å². The number of imide groups is 1. The van der Waals surface area contributed by atoms with Crippen molar-refractivity contribution in [3.63, 3.8) is 0 Å². The van der Waals surface area contributed by atoms with Gasteiger partial charge >= 0.3 is 6.03 Å². The fraction of sp³-hybridized carbons (Fsp3) is 0.824. The highest BCUT2D eigenvalue weighted by Gasteiger charge is 2.49. The number of carbonyl (C=O) groups is 3. The first kappa shape index (κ1) is 17.8. The molecule has 6 nitrogen and oxygen atoms in total. The molecule has 2 saturated heterocycles. The zero-order valence-corrected chi connectivity index (χ0v) is 14.9. The summed E-state index contributed by atoms with van der Waals surface area (Å²) < 4.78 is 0. The van der Waals surface area contributed by atoms with Crippen LogP contribution in [0.2, 0.25) is 0 Å². The summed E-state index contributed by atoms with van der Waals surface area (Å²) in [4.78, 5) is 40.4. The van der Waals surface area contributed by atoms with Gasteiger partial charge in [0.25, 0.3) is 5.91 Å². The first-order chi connectivity index (χ1) is 10.7. The number of hydrogen-bond acceptors (Lipinski definition) is 3. The minimum Gasteiger partial charge on any atom is -0.336 e. The maximum Gasteiger partial charge on any atom is 0.325 e. The molecule has 0 saturated carbocycles. The summed E-state index contributed by atoms with van der Waals surface area (Å²) in [5.74, 6) is -0.147. The first-order valence-corrected chi connectivity index (χ1v) is 8.61. The van der Waals surface area contributed by atoms with E-state index in [0.29, 0.717) is 6.42 Å². The summed E-state index contributed by atoms with van der Waals surface area (Å²) in [6.45, 7) is 9.66. The average molecular weight is 323 g/mol. The summed E-state index contributed by atoms with van der Waals surface area (Å²) in [6.07, 6.45) is 3.63. The van der Waals surface area contributed by atoms with Gasteiger partial charge in [0.05, 0.1) is 0 Å². The molecule has 2 aliphatic heterocycles. The van der Waals surface area contributed by atoms with Crippen LogP contribution < -0.4 is 5.32 Å². The summed E-state index contributed by atoms with van der Waals surface area (Å²) in [5.41, 5.74) is -0.898. The molecule has 1 N–H and O–H groups in total. The zero-order valence-electron chi connectivity index (χ0n) is 14.9. The third kappa shape index (κ3) is 3.51. The molecule has 0 aromatic carbocycles. The highest BCUT2D eigenvalue weighted by molar-refractivity contribution is 6.08. The molecule has 2 heterocycles. The van der Waals surface area contributed by atoms with Crippen LogP contribution in [0.5, 0.6) is 0 Å². The molecule has 6 heteroatoms. The van der Waals surface area contributed by atoms with Crippen LogP contribution in [0.25, 0.3) is 0 Å². The summed E-state index contributed by atoms with van der Waals surface area (Å²) >= 11 is 0. The Morgan fingerprint density at radius 1 is 1.26 bits per heavy atom. The van der Waals surface area contributed by atoms with Crippen LogP contribution in [0.4, 0.5) is 4.79 Å². The molecule has 2 aliphatic rings. The van der Waals surface area contributed by atoms with Gasteiger partial charge < -0.3 is 10.2 Å². The quantitative estimate of drug-likeness (QED) is 0.806. The van der Waals surface area contributed by atoms with E-state index in [1.54, 1.807) is 6.92 Å². The Bertz CT molecular complexity index is 495. The molecule has 0 aromatic heterocycles. The molecule has 0 aliphatic carbocycles. The van der Waals surface area contributed by atoms with Crippen molar-refractivity contribution in [2.75, 3.05) is 6.54 Å². The monoisotopic (exact) mass is 323 g/mol. The van der Waals surface area contributed by atoms with Crippen molar-refractivity contribution in [3.05, 3.63) is 0 Å². The molecule has 4 amide bonds. The van der Waals surface area contributed by atoms with Crippen LogP contribution in [-0.4, -0.2) is 51.8 Å². The van der Waals surface area contributed by atoms with Crippen LogP contribution in [0.1, 0.15) is 60.3 Å². The molecule has 130 valence electrons. The number of piperidine rings is 1. The largest absolute Gasteiger partial charge is 0.336 e. The number of amides is 4. The Hall–Kier alpha value is -1.59. The number of carbonyl (C=O) groups excluding carboxylic acids is 3. The topological polar surface area (TPSA) is 69.7 Å². The van der Waals surface area contributed by atoms with Crippen molar-refractivity contribution in [1.29, 1.82) is 0 Å². The predicted molar refractivity (Wildman–Crippen MR) is 87.7 cm³/mol. The fourth-order valence-electron chi connectivity index (χ4n) is 3.98. The van der Waals surface area contributed by atoms with Crippen LogP contribution in [0.3, 0.4) is 0 Å². The summed E-state index contributed by atoms with van der Waals surface area (Å²) in [6, 6.07) is -0.132. The number of urea groups is 1. The third-order valence-corrected chi connectivity index (χ3v) is 4.94. The smallest absolute Gasteiger partial charge is 0.325 e. The SMILES string of the molecule is CC(C)C[C@]1(C)NC(=O)N(CC(=O)N2[C@@H](C)CCC[C@@H]2C)C1=O. The van der Waals surface area contributed by atoms with Crippen molar-refractivity contribution in [2.24, 2.45) is 5.92 Å². The van der Waals surface area contributed by atoms with Gasteiger partial charge in [-0.05, 0) is 52.4 Å². The van der Waals surface area contributed by atoms with Gasteiger partial charge in [0.1, 0.15) is 12.1 Å². The van der Waals surface area contributed by atoms with E-state index in [1.807, 2.05) is 32.6 Å². The van der Waals surface area contributed by atoms with Gasteiger partial charge in [-0.3, -0.25) is 14.5 Å². The standard InChI is InChI=1S/C17H29N3O3/c1-11(2)9-17(5)15(22)19(16(23)18-17)10-14(21)20-12(3)7-6-8-13(20)4/h11-13H,6-10H2,1-5H3,(H,18,23)/t12-,13-,17-/m0/s1. The fourth-order valence-corrected chi connectivity index (χ4v) is 3.98. The molecule has 3 atom stereocenters. The normalized spacial score (nSPS) is 31.7. The lowest BCUT2D eigenvalue weighted by atomic mass is 9.91. The van der Waals surface area contributed by atoms with E-state index in [-0.39, 0.29) is 36.4 Å². The van der Waals surface area contributed by atoms with Crippen LogP contribution >= 0.6 is 0 Å². The van der Waals surface area contributed by atoms with Crippen molar-refractivity contribution >= 4 is 17.8 Å². The predicted octanol–water partition coefficient (Wildman–Crippen LogP) is 2.13. The Morgan fingerprint density at radius 3 is 2.35 bits per heavy atom. The molecule has 0 spiro atoms. The minimum absolute atomic E-state index is 0.137. The lowest BCUT2D eigenvalue weighted by Gasteiger charge is -2.39. The zero-order chi connectivity index (χ0) is 17.4. The summed E-state index contributed by atoms with van der Waals surface area (Å²) in [7, 11) is 0. The van der Waals surface area contributed by atoms with E-state index in [9.17, 15) is 14.4 Å². The molecular formula is C17H29N3O3. The van der Waals surface area contributed by atoms with E-state index >= 15 is 0 Å². The molecule has 2 fully saturated rings. The average Bonchev–Trinajstić information content (AvgIpc) is 2.61. The highest BCUT2D eigenvalue weighted by atomic mass is 16.2. The highest BCUT2D eigenvalue weighted by Crippen LogP contribution is 2.26. The molecule has 2 rings (SSSR count). The Labute approximate surface area is 138 Å². The van der Waals surface area contributed by atoms with Gasteiger partial charge in [-0.2, -0.15) is 0 Å². The maximum atomic E-state index is 12.7. The minimum atomic E-state index is -0.898. The summed E-state index contributed by atoms with van der Waals surface area (Å²) in [5, 5.41) is 2.76. The maximum absolute atomic E-state index is 12.7. The number of nitrogens with zero attached hydrogens (tertiary/aromatic N) is 2. The molecule has 0 unspecified atom stereocenters. The van der Waals surface area contributed by atoms with Gasteiger partial charge in [0.2, 0.25) is 5.91 Å². The van der Waals surface area contributed by atoms with Crippen LogP contribution in [-0.2, 0) is 9.59 Å². The van der Waals surface area contributed by atoms with Crippen LogP contribution in [0, 0.1) is 5.92 Å². The van der Waals surface area contributed by atoms with Crippen molar-refractivity contribution in [3.8, 4) is 0 Å². The van der Waals surface area contributed by atoms with E-state index in [0.717, 1.165) is 24.2 Å². The first-order valence-electron chi connectivity index (χ1n) is 8.61. The molecule has 0 radical (unpaired) electrons. The number of nitrogens with one attached hydrogen (secondary N) is 1. The van der Waals surface area contributed by atoms with Gasteiger partial charge in [-0.25, -0.2) is 4.79 Å². The number of hydrogen-bond donors (Lipinski definition) is 1. The lowest BCUT2D eigenvalue weighted by molar-refractivity contribution is -0.142. The molecule has 0 aromatic rings. The third-order valence-electron chi connectivity index (χ3n) is 4.94. The molecule has 23 heavy (non-hydrogen) atoms. The van der Waals surface area contributed by atoms with E-state index in [1.165, 1.54) is 0 Å². The Balaban J connectivity index is 2.09. The van der Waals surface area contributed by atoms with E-state index in [4.69, 9.17) is 0 Å². The van der Waals surface area contributed by atoms with Crippen molar-refractivity contribution in [1.82, 2.24) is 15.1 Å². The van der Waals surface area contributed by atoms with Gasteiger partial charge in [-0.15, -0.1) is 0 Å². The van der Waals surface area contributed by atoms with Crippen molar-refractivity contribution in [2.45, 2.75) is 77.9 Å². The second-order valence-corrected chi connectivity index (χ2v) is 7.68. The van der Waals surface area contributed by atoms with E-state index < -0.39 is 11.6 Å². The number of likely N-dealkylation sites (tertiary alicyclic amines) is 1.